The second-order valence-corrected chi connectivity index (χ2v) is 3.12. The molecule has 0 saturated heterocycles. The summed E-state index contributed by atoms with van der Waals surface area (Å²) in [6.07, 6.45) is -2.54. The molecule has 0 aromatic heterocycles. The standard InChI is InChI=1S/C6H14O4.C4H6O5/c7-1-3-9-5-6-10-4-2-8;5-2(4(8)9)1-3(6)7/h7-8H,1-6H2;2,5H,1H2,(H,6,7)(H,8,9). The Bertz CT molecular complexity index is 223. The monoisotopic (exact) mass is 284 g/mol. The number of aliphatic hydroxyl groups excluding tert-OH is 3. The molecule has 0 radical (unpaired) electrons. The molecule has 0 fully saturated rings. The van der Waals surface area contributed by atoms with Crippen molar-refractivity contribution in [2.24, 2.45) is 0 Å². The molecule has 19 heavy (non-hydrogen) atoms. The molecule has 9 heteroatoms. The summed E-state index contributed by atoms with van der Waals surface area (Å²) in [4.78, 5) is 19.4. The smallest absolute Gasteiger partial charge is 0.333 e. The molecule has 0 rings (SSSR count). The normalized spacial score (nSPS) is 11.3. The fraction of sp³-hybridized carbons (Fsp3) is 0.800. The van der Waals surface area contributed by atoms with Crippen LogP contribution in [0.15, 0.2) is 0 Å². The third kappa shape index (κ3) is 19.3. The van der Waals surface area contributed by atoms with Crippen LogP contribution >= 0.6 is 0 Å². The Morgan fingerprint density at radius 1 is 0.895 bits per heavy atom. The fourth-order valence-electron chi connectivity index (χ4n) is 0.704. The Hall–Kier alpha value is -1.26. The Labute approximate surface area is 110 Å². The highest BCUT2D eigenvalue weighted by Crippen LogP contribution is 1.89. The lowest BCUT2D eigenvalue weighted by molar-refractivity contribution is -0.152. The number of carboxylic acid groups (broad SMARTS) is 2. The van der Waals surface area contributed by atoms with E-state index in [1.54, 1.807) is 0 Å². The molecule has 0 aliphatic heterocycles. The molecule has 5 N–H and O–H groups in total. The Balaban J connectivity index is 0. The minimum absolute atomic E-state index is 0.0417. The number of ether oxygens (including phenoxy) is 2. The van der Waals surface area contributed by atoms with Gasteiger partial charge >= 0.3 is 11.9 Å². The number of hydrogen-bond acceptors (Lipinski definition) is 7. The van der Waals surface area contributed by atoms with E-state index in [-0.39, 0.29) is 13.2 Å². The number of aliphatic carboxylic acids is 2. The summed E-state index contributed by atoms with van der Waals surface area (Å²) in [5, 5.41) is 40.7. The van der Waals surface area contributed by atoms with Gasteiger partial charge in [0.05, 0.1) is 46.1 Å². The van der Waals surface area contributed by atoms with Crippen molar-refractivity contribution >= 4 is 11.9 Å². The van der Waals surface area contributed by atoms with Crippen molar-refractivity contribution in [3.8, 4) is 0 Å². The topological polar surface area (TPSA) is 154 Å². The average Bonchev–Trinajstić information content (AvgIpc) is 2.33. The number of aliphatic hydroxyl groups is 3. The van der Waals surface area contributed by atoms with Crippen LogP contribution in [-0.2, 0) is 19.1 Å². The quantitative estimate of drug-likeness (QED) is 0.284. The summed E-state index contributed by atoms with van der Waals surface area (Å²) in [5.74, 6) is -2.85. The van der Waals surface area contributed by atoms with Crippen LogP contribution in [0.4, 0.5) is 0 Å². The predicted molar refractivity (Wildman–Crippen MR) is 61.7 cm³/mol. The van der Waals surface area contributed by atoms with Gasteiger partial charge < -0.3 is 35.0 Å². The van der Waals surface area contributed by atoms with Crippen LogP contribution in [0.2, 0.25) is 0 Å². The van der Waals surface area contributed by atoms with Crippen LogP contribution in [0.5, 0.6) is 0 Å². The SMILES string of the molecule is O=C(O)CC(O)C(=O)O.OCCOCCOCCO. The maximum Gasteiger partial charge on any atom is 0.333 e. The molecule has 0 aliphatic rings. The van der Waals surface area contributed by atoms with Crippen molar-refractivity contribution in [2.75, 3.05) is 39.6 Å². The van der Waals surface area contributed by atoms with Crippen molar-refractivity contribution in [1.29, 1.82) is 0 Å². The zero-order chi connectivity index (χ0) is 15.1. The van der Waals surface area contributed by atoms with Gasteiger partial charge in [-0.15, -0.1) is 0 Å². The number of carboxylic acids is 2. The van der Waals surface area contributed by atoms with Gasteiger partial charge in [0.2, 0.25) is 0 Å². The lowest BCUT2D eigenvalue weighted by Gasteiger charge is -2.01. The molecule has 114 valence electrons. The van der Waals surface area contributed by atoms with Gasteiger partial charge in [0.1, 0.15) is 0 Å². The first-order chi connectivity index (χ1) is 8.95. The molecule has 0 aromatic carbocycles. The number of hydrogen-bond donors (Lipinski definition) is 5. The van der Waals surface area contributed by atoms with Crippen molar-refractivity contribution < 1.29 is 44.6 Å². The molecule has 1 unspecified atom stereocenters. The molecule has 9 nitrogen and oxygen atoms in total. The van der Waals surface area contributed by atoms with Gasteiger partial charge in [-0.2, -0.15) is 0 Å². The maximum atomic E-state index is 9.72. The molecule has 1 atom stereocenters. The zero-order valence-corrected chi connectivity index (χ0v) is 10.4. The van der Waals surface area contributed by atoms with Gasteiger partial charge in [0.15, 0.2) is 6.10 Å². The van der Waals surface area contributed by atoms with Crippen LogP contribution < -0.4 is 0 Å². The van der Waals surface area contributed by atoms with E-state index in [4.69, 9.17) is 35.0 Å². The Morgan fingerprint density at radius 3 is 1.53 bits per heavy atom. The van der Waals surface area contributed by atoms with E-state index in [0.29, 0.717) is 26.4 Å². The molecule has 0 amide bonds. The third-order valence-electron chi connectivity index (χ3n) is 1.50. The summed E-state index contributed by atoms with van der Waals surface area (Å²) in [5.41, 5.74) is 0. The Morgan fingerprint density at radius 2 is 1.32 bits per heavy atom. The van der Waals surface area contributed by atoms with E-state index in [1.807, 2.05) is 0 Å². The lowest BCUT2D eigenvalue weighted by atomic mass is 10.3. The molecule has 0 spiro atoms. The van der Waals surface area contributed by atoms with Crippen LogP contribution in [0.3, 0.4) is 0 Å². The van der Waals surface area contributed by atoms with E-state index in [2.05, 4.69) is 0 Å². The maximum absolute atomic E-state index is 9.72. The fourth-order valence-corrected chi connectivity index (χ4v) is 0.704. The van der Waals surface area contributed by atoms with Crippen LogP contribution in [0, 0.1) is 0 Å². The molecule has 0 heterocycles. The first-order valence-corrected chi connectivity index (χ1v) is 5.45. The molecular weight excluding hydrogens is 264 g/mol. The third-order valence-corrected chi connectivity index (χ3v) is 1.50. The highest BCUT2D eigenvalue weighted by Gasteiger charge is 2.16. The number of carbonyl (C=O) groups is 2. The predicted octanol–water partition coefficient (Wildman–Crippen LogP) is -2.09. The van der Waals surface area contributed by atoms with E-state index in [1.165, 1.54) is 0 Å². The molecule has 0 bridgehead atoms. The molecule has 0 aliphatic carbocycles. The van der Waals surface area contributed by atoms with Crippen molar-refractivity contribution in [2.45, 2.75) is 12.5 Å². The van der Waals surface area contributed by atoms with Gasteiger partial charge in [-0.25, -0.2) is 4.79 Å². The second-order valence-electron chi connectivity index (χ2n) is 3.12. The van der Waals surface area contributed by atoms with Gasteiger partial charge in [-0.3, -0.25) is 4.79 Å². The largest absolute Gasteiger partial charge is 0.481 e. The van der Waals surface area contributed by atoms with Gasteiger partial charge in [0, 0.05) is 0 Å². The Kier molecular flexibility index (Phi) is 15.6. The minimum Gasteiger partial charge on any atom is -0.481 e. The van der Waals surface area contributed by atoms with E-state index < -0.39 is 24.5 Å². The van der Waals surface area contributed by atoms with Crippen molar-refractivity contribution in [1.82, 2.24) is 0 Å². The van der Waals surface area contributed by atoms with Gasteiger partial charge in [0.25, 0.3) is 0 Å². The number of rotatable bonds is 10. The highest BCUT2D eigenvalue weighted by atomic mass is 16.5. The molecule has 0 saturated carbocycles. The minimum atomic E-state index is -1.79. The summed E-state index contributed by atoms with van der Waals surface area (Å²) >= 11 is 0. The van der Waals surface area contributed by atoms with E-state index in [0.717, 1.165) is 0 Å². The van der Waals surface area contributed by atoms with Gasteiger partial charge in [-0.05, 0) is 0 Å². The van der Waals surface area contributed by atoms with E-state index >= 15 is 0 Å². The van der Waals surface area contributed by atoms with Crippen LogP contribution in [-0.4, -0.2) is 83.2 Å². The lowest BCUT2D eigenvalue weighted by Crippen LogP contribution is -2.22. The highest BCUT2D eigenvalue weighted by molar-refractivity contribution is 5.79. The molecular formula is C10H20O9. The van der Waals surface area contributed by atoms with E-state index in [9.17, 15) is 9.59 Å². The van der Waals surface area contributed by atoms with Crippen LogP contribution in [0.1, 0.15) is 6.42 Å². The van der Waals surface area contributed by atoms with Crippen LogP contribution in [0.25, 0.3) is 0 Å². The zero-order valence-electron chi connectivity index (χ0n) is 10.4. The first-order valence-electron chi connectivity index (χ1n) is 5.45. The first kappa shape index (κ1) is 20.1. The van der Waals surface area contributed by atoms with Gasteiger partial charge in [-0.1, -0.05) is 0 Å². The summed E-state index contributed by atoms with van der Waals surface area (Å²) < 4.78 is 9.75. The van der Waals surface area contributed by atoms with Crippen molar-refractivity contribution in [3.05, 3.63) is 0 Å². The summed E-state index contributed by atoms with van der Waals surface area (Å²) in [6.45, 7) is 1.73. The van der Waals surface area contributed by atoms with Crippen molar-refractivity contribution in [3.63, 3.8) is 0 Å². The second kappa shape index (κ2) is 14.8. The average molecular weight is 284 g/mol. The molecule has 0 aromatic rings. The summed E-state index contributed by atoms with van der Waals surface area (Å²) in [6, 6.07) is 0. The summed E-state index contributed by atoms with van der Waals surface area (Å²) in [7, 11) is 0.